The van der Waals surface area contributed by atoms with Crippen LogP contribution in [0.3, 0.4) is 0 Å². The summed E-state index contributed by atoms with van der Waals surface area (Å²) >= 11 is 0. The molecule has 1 nitrogen and oxygen atoms in total. The fourth-order valence-electron chi connectivity index (χ4n) is 1.35. The van der Waals surface area contributed by atoms with E-state index in [1.54, 1.807) is 12.2 Å². The maximum Gasteiger partial charge on any atom is 0.0888 e. The van der Waals surface area contributed by atoms with Crippen molar-refractivity contribution in [2.75, 3.05) is 0 Å². The molecule has 0 unspecified atom stereocenters. The van der Waals surface area contributed by atoms with Crippen LogP contribution in [0.1, 0.15) is 13.8 Å². The van der Waals surface area contributed by atoms with Gasteiger partial charge in [-0.2, -0.15) is 0 Å². The van der Waals surface area contributed by atoms with Gasteiger partial charge in [0, 0.05) is 11.9 Å². The summed E-state index contributed by atoms with van der Waals surface area (Å²) in [6, 6.07) is 0. The second-order valence-electron chi connectivity index (χ2n) is 3.73. The zero-order valence-corrected chi connectivity index (χ0v) is 9.96. The first-order valence-electron chi connectivity index (χ1n) is 5.14. The number of hydrogen-bond acceptors (Lipinski definition) is 1. The maximum atomic E-state index is 3.93. The van der Waals surface area contributed by atoms with Crippen molar-refractivity contribution in [2.45, 2.75) is 13.8 Å². The molecule has 0 aliphatic carbocycles. The Balaban J connectivity index is 3.20. The first kappa shape index (κ1) is 12.1. The van der Waals surface area contributed by atoms with Gasteiger partial charge in [0.1, 0.15) is 0 Å². The van der Waals surface area contributed by atoms with Gasteiger partial charge in [-0.05, 0) is 37.6 Å². The molecule has 0 amide bonds. The second-order valence-corrected chi connectivity index (χ2v) is 3.73. The third kappa shape index (κ3) is 2.75. The van der Waals surface area contributed by atoms with Gasteiger partial charge >= 0.3 is 0 Å². The molecule has 0 atom stereocenters. The van der Waals surface area contributed by atoms with Crippen molar-refractivity contribution in [3.63, 3.8) is 0 Å². The summed E-state index contributed by atoms with van der Waals surface area (Å²) in [5.41, 5.74) is 7.21. The van der Waals surface area contributed by atoms with Crippen molar-refractivity contribution in [2.24, 2.45) is 0 Å². The molecule has 1 heterocycles. The van der Waals surface area contributed by atoms with E-state index in [-0.39, 0.29) is 0 Å². The number of nitrogens with zero attached hydrogens (tertiary/aromatic N) is 1. The van der Waals surface area contributed by atoms with Crippen molar-refractivity contribution >= 4 is 0 Å². The Labute approximate surface area is 97.8 Å². The Kier molecular flexibility index (Phi) is 3.93. The molecule has 0 aromatic carbocycles. The molecule has 1 aliphatic heterocycles. The second kappa shape index (κ2) is 5.20. The number of allylic oxidation sites excluding steroid dienone is 6. The molecule has 82 valence electrons. The fourth-order valence-corrected chi connectivity index (χ4v) is 1.35. The molecule has 0 spiro atoms. The normalized spacial score (nSPS) is 14.0. The minimum absolute atomic E-state index is 0.952. The van der Waals surface area contributed by atoms with E-state index < -0.39 is 0 Å². The van der Waals surface area contributed by atoms with Crippen molar-refractivity contribution in [1.82, 2.24) is 4.90 Å². The summed E-state index contributed by atoms with van der Waals surface area (Å²) in [7, 11) is 0. The van der Waals surface area contributed by atoms with Crippen LogP contribution in [0.15, 0.2) is 78.5 Å². The Morgan fingerprint density at radius 1 is 1.38 bits per heavy atom. The van der Waals surface area contributed by atoms with Crippen molar-refractivity contribution in [1.29, 1.82) is 0 Å². The van der Waals surface area contributed by atoms with Crippen molar-refractivity contribution in [3.8, 4) is 0 Å². The fraction of sp³-hybridized carbons (Fsp3) is 0.133. The Bertz CT molecular complexity index is 452. The Morgan fingerprint density at radius 2 is 2.06 bits per heavy atom. The molecule has 0 saturated heterocycles. The van der Waals surface area contributed by atoms with E-state index >= 15 is 0 Å². The van der Waals surface area contributed by atoms with Crippen LogP contribution < -0.4 is 0 Å². The average Bonchev–Trinajstić information content (AvgIpc) is 2.25. The molecule has 0 radical (unpaired) electrons. The molecular weight excluding hydrogens is 194 g/mol. The van der Waals surface area contributed by atoms with Gasteiger partial charge in [-0.1, -0.05) is 37.1 Å². The minimum Gasteiger partial charge on any atom is -0.315 e. The molecule has 1 aliphatic rings. The summed E-state index contributed by atoms with van der Waals surface area (Å²) in [5.74, 6) is 0. The monoisotopic (exact) mass is 211 g/mol. The molecule has 16 heavy (non-hydrogen) atoms. The quantitative estimate of drug-likeness (QED) is 0.502. The molecule has 1 rings (SSSR count). The molecule has 0 aromatic heterocycles. The van der Waals surface area contributed by atoms with Gasteiger partial charge in [-0.15, -0.1) is 0 Å². The van der Waals surface area contributed by atoms with Gasteiger partial charge in [0.15, 0.2) is 0 Å². The molecule has 0 N–H and O–H groups in total. The van der Waals surface area contributed by atoms with Gasteiger partial charge in [-0.25, -0.2) is 0 Å². The molecule has 0 fully saturated rings. The number of hydrogen-bond donors (Lipinski definition) is 0. The highest BCUT2D eigenvalue weighted by molar-refractivity contribution is 5.46. The topological polar surface area (TPSA) is 3.24 Å². The van der Waals surface area contributed by atoms with Crippen LogP contribution in [-0.2, 0) is 0 Å². The lowest BCUT2D eigenvalue weighted by atomic mass is 10.1. The zero-order chi connectivity index (χ0) is 12.1. The van der Waals surface area contributed by atoms with E-state index in [0.29, 0.717) is 0 Å². The molecule has 0 aromatic rings. The zero-order valence-electron chi connectivity index (χ0n) is 9.96. The highest BCUT2D eigenvalue weighted by atomic mass is 15.1. The van der Waals surface area contributed by atoms with Gasteiger partial charge < -0.3 is 4.90 Å². The van der Waals surface area contributed by atoms with Gasteiger partial charge in [0.25, 0.3) is 0 Å². The van der Waals surface area contributed by atoms with Crippen LogP contribution in [0.5, 0.6) is 0 Å². The SMILES string of the molecule is C=CC=C=C1C=C(C(=C)C)C=CN1C(=C)C. The molecule has 0 bridgehead atoms. The van der Waals surface area contributed by atoms with E-state index in [9.17, 15) is 0 Å². The van der Waals surface area contributed by atoms with Gasteiger partial charge in [-0.3, -0.25) is 0 Å². The lowest BCUT2D eigenvalue weighted by Crippen LogP contribution is -2.14. The smallest absolute Gasteiger partial charge is 0.0888 e. The summed E-state index contributed by atoms with van der Waals surface area (Å²) < 4.78 is 0. The predicted molar refractivity (Wildman–Crippen MR) is 70.5 cm³/mol. The van der Waals surface area contributed by atoms with E-state index in [1.165, 1.54) is 0 Å². The summed E-state index contributed by atoms with van der Waals surface area (Å²) in [6.45, 7) is 15.4. The van der Waals surface area contributed by atoms with E-state index in [1.807, 2.05) is 37.1 Å². The van der Waals surface area contributed by atoms with Crippen LogP contribution in [0, 0.1) is 0 Å². The van der Waals surface area contributed by atoms with Gasteiger partial charge in [0.2, 0.25) is 0 Å². The van der Waals surface area contributed by atoms with Crippen molar-refractivity contribution in [3.05, 3.63) is 78.5 Å². The van der Waals surface area contributed by atoms with Gasteiger partial charge in [0.05, 0.1) is 5.70 Å². The average molecular weight is 211 g/mol. The summed E-state index contributed by atoms with van der Waals surface area (Å²) in [4.78, 5) is 1.98. The molecule has 1 heteroatoms. The summed E-state index contributed by atoms with van der Waals surface area (Å²) in [6.07, 6.45) is 9.53. The summed E-state index contributed by atoms with van der Waals surface area (Å²) in [5, 5.41) is 0. The highest BCUT2D eigenvalue weighted by Crippen LogP contribution is 2.23. The predicted octanol–water partition coefficient (Wildman–Crippen LogP) is 4.08. The minimum atomic E-state index is 0.952. The largest absolute Gasteiger partial charge is 0.315 e. The molecule has 0 saturated carbocycles. The highest BCUT2D eigenvalue weighted by Gasteiger charge is 2.10. The standard InChI is InChI=1S/C15H17N/c1-6-7-8-15-11-14(12(2)3)9-10-16(15)13(4)5/h6-7,9-11H,1-2,4H2,3,5H3. The third-order valence-corrected chi connectivity index (χ3v) is 2.21. The first-order chi connectivity index (χ1) is 7.56. The maximum absolute atomic E-state index is 3.93. The Hall–Kier alpha value is -1.98. The van der Waals surface area contributed by atoms with Crippen LogP contribution in [0.2, 0.25) is 0 Å². The van der Waals surface area contributed by atoms with Crippen LogP contribution in [-0.4, -0.2) is 4.90 Å². The van der Waals surface area contributed by atoms with Crippen molar-refractivity contribution < 1.29 is 0 Å². The van der Waals surface area contributed by atoms with E-state index in [4.69, 9.17) is 0 Å². The number of rotatable bonds is 3. The van der Waals surface area contributed by atoms with Crippen LogP contribution >= 0.6 is 0 Å². The lowest BCUT2D eigenvalue weighted by molar-refractivity contribution is 0.592. The van der Waals surface area contributed by atoms with Crippen LogP contribution in [0.4, 0.5) is 0 Å². The Morgan fingerprint density at radius 3 is 2.56 bits per heavy atom. The van der Waals surface area contributed by atoms with Crippen LogP contribution in [0.25, 0.3) is 0 Å². The van der Waals surface area contributed by atoms with E-state index in [0.717, 1.165) is 22.5 Å². The first-order valence-corrected chi connectivity index (χ1v) is 5.14. The van der Waals surface area contributed by atoms with E-state index in [2.05, 4.69) is 25.5 Å². The lowest BCUT2D eigenvalue weighted by Gasteiger charge is -2.24. The third-order valence-electron chi connectivity index (χ3n) is 2.21. The molecular formula is C15H17N.